The van der Waals surface area contributed by atoms with Gasteiger partial charge in [0.15, 0.2) is 24.8 Å². The molecule has 0 bridgehead atoms. The van der Waals surface area contributed by atoms with E-state index in [0.29, 0.717) is 0 Å². The van der Waals surface area contributed by atoms with Gasteiger partial charge in [-0.1, -0.05) is 12.2 Å². The fraction of sp³-hybridized carbons (Fsp3) is 0.0833. The predicted octanol–water partition coefficient (Wildman–Crippen LogP) is 4.99. The second kappa shape index (κ2) is 9.88. The Labute approximate surface area is 166 Å². The van der Waals surface area contributed by atoms with Gasteiger partial charge in [0, 0.05) is 48.6 Å². The Morgan fingerprint density at radius 1 is 0.500 bits per heavy atom. The van der Waals surface area contributed by atoms with Crippen molar-refractivity contribution in [2.45, 2.75) is 0 Å². The minimum Gasteiger partial charge on any atom is -0.497 e. The smallest absolute Gasteiger partial charge is 0.210 e. The molecule has 0 spiro atoms. The van der Waals surface area contributed by atoms with Crippen molar-refractivity contribution in [3.63, 3.8) is 0 Å². The van der Waals surface area contributed by atoms with E-state index in [1.54, 1.807) is 14.2 Å². The number of ether oxygens (including phenoxy) is 2. The van der Waals surface area contributed by atoms with Crippen molar-refractivity contribution in [1.29, 1.82) is 0 Å². The monoisotopic (exact) mass is 372 g/mol. The summed E-state index contributed by atoms with van der Waals surface area (Å²) in [5.74, 6) is 1.68. The molecule has 0 amide bonds. The lowest BCUT2D eigenvalue weighted by Gasteiger charge is -2.00. The number of nitrogens with zero attached hydrogens (tertiary/aromatic N) is 2. The lowest BCUT2D eigenvalue weighted by atomic mass is 10.3. The van der Waals surface area contributed by atoms with Crippen molar-refractivity contribution in [2.24, 2.45) is 0 Å². The maximum Gasteiger partial charge on any atom is 0.210 e. The molecule has 1 aliphatic rings. The third kappa shape index (κ3) is 5.17. The average Bonchev–Trinajstić information content (AvgIpc) is 2.74. The molecule has 0 radical (unpaired) electrons. The molecule has 2 aromatic rings. The molecule has 1 aliphatic heterocycles. The Morgan fingerprint density at radius 3 is 1.25 bits per heavy atom. The normalized spacial score (nSPS) is 22.2. The van der Waals surface area contributed by atoms with Crippen LogP contribution in [0, 0.1) is 0 Å². The van der Waals surface area contributed by atoms with Crippen LogP contribution in [0.25, 0.3) is 0 Å². The Kier molecular flexibility index (Phi) is 6.74. The maximum absolute atomic E-state index is 5.23. The molecule has 0 fully saturated rings. The summed E-state index contributed by atoms with van der Waals surface area (Å²) in [5, 5.41) is 0. The van der Waals surface area contributed by atoms with Crippen molar-refractivity contribution in [1.82, 2.24) is 0 Å². The number of methoxy groups -OCH3 is 2. The first kappa shape index (κ1) is 19.1. The first-order valence-corrected chi connectivity index (χ1v) is 9.01. The molecule has 0 saturated heterocycles. The molecule has 4 nitrogen and oxygen atoms in total. The van der Waals surface area contributed by atoms with Crippen LogP contribution in [0.4, 0.5) is 11.4 Å². The molecule has 4 heteroatoms. The Hall–Kier alpha value is -3.66. The van der Waals surface area contributed by atoms with E-state index < -0.39 is 0 Å². The van der Waals surface area contributed by atoms with Crippen molar-refractivity contribution >= 4 is 23.8 Å². The Bertz CT molecular complexity index is 879. The van der Waals surface area contributed by atoms with Gasteiger partial charge in [-0.05, 0) is 24.3 Å². The van der Waals surface area contributed by atoms with E-state index in [-0.39, 0.29) is 0 Å². The SMILES string of the molecule is COc1ccc([N+]2=C\C=C/C=C\[N+](c3ccc(OC)cc3)=C\C=C/C=C\2)cc1. The zero-order chi connectivity index (χ0) is 19.6. The van der Waals surface area contributed by atoms with E-state index in [2.05, 4.69) is 9.15 Å². The summed E-state index contributed by atoms with van der Waals surface area (Å²) in [7, 11) is 3.34. The Morgan fingerprint density at radius 2 is 0.893 bits per heavy atom. The molecule has 0 N–H and O–H groups in total. The van der Waals surface area contributed by atoms with Crippen LogP contribution in [0.1, 0.15) is 0 Å². The van der Waals surface area contributed by atoms with Crippen LogP contribution in [-0.2, 0) is 0 Å². The van der Waals surface area contributed by atoms with E-state index in [4.69, 9.17) is 9.47 Å². The maximum atomic E-state index is 5.23. The predicted molar refractivity (Wildman–Crippen MR) is 115 cm³/mol. The number of hydrogen-bond donors (Lipinski definition) is 0. The second-order valence-electron chi connectivity index (χ2n) is 5.96. The van der Waals surface area contributed by atoms with E-state index in [9.17, 15) is 0 Å². The summed E-state index contributed by atoms with van der Waals surface area (Å²) in [6, 6.07) is 15.9. The van der Waals surface area contributed by atoms with Crippen LogP contribution in [0.3, 0.4) is 0 Å². The van der Waals surface area contributed by atoms with E-state index in [1.807, 2.05) is 110 Å². The summed E-state index contributed by atoms with van der Waals surface area (Å²) < 4.78 is 14.6. The van der Waals surface area contributed by atoms with E-state index in [1.165, 1.54) is 0 Å². The number of benzene rings is 2. The minimum absolute atomic E-state index is 0.841. The van der Waals surface area contributed by atoms with Crippen molar-refractivity contribution < 1.29 is 18.6 Å². The van der Waals surface area contributed by atoms with Crippen molar-refractivity contribution in [3.05, 3.63) is 97.4 Å². The summed E-state index contributed by atoms with van der Waals surface area (Å²) in [4.78, 5) is 0. The van der Waals surface area contributed by atoms with Crippen LogP contribution < -0.4 is 9.47 Å². The van der Waals surface area contributed by atoms with Gasteiger partial charge in [0.1, 0.15) is 11.5 Å². The number of allylic oxidation sites excluding steroid dienone is 6. The lowest BCUT2D eigenvalue weighted by Crippen LogP contribution is -1.98. The van der Waals surface area contributed by atoms with E-state index >= 15 is 0 Å². The summed E-state index contributed by atoms with van der Waals surface area (Å²) in [6.45, 7) is 0. The standard InChI is InChI=1S/C24H24N2O2/c1-27-23-13-9-21(10-14-23)25-17-5-3-7-19-26(20-8-4-6-18-25)22-11-15-24(28-2)16-12-22/h3-20H,1-2H3/q+2/b5-3-,6-4?,7-3?,8-4-,17-5?,18-6-,19-7-,20-8?,25-17-,25-18?,26-19?,26-20-. The molecule has 0 aliphatic carbocycles. The van der Waals surface area contributed by atoms with Crippen molar-refractivity contribution in [2.75, 3.05) is 14.2 Å². The van der Waals surface area contributed by atoms with Gasteiger partial charge in [-0.15, -0.1) is 0 Å². The third-order valence-corrected chi connectivity index (χ3v) is 4.17. The van der Waals surface area contributed by atoms with Gasteiger partial charge < -0.3 is 9.47 Å². The second-order valence-corrected chi connectivity index (χ2v) is 5.96. The molecule has 0 atom stereocenters. The van der Waals surface area contributed by atoms with Gasteiger partial charge >= 0.3 is 0 Å². The van der Waals surface area contributed by atoms with Gasteiger partial charge in [-0.25, -0.2) is 0 Å². The largest absolute Gasteiger partial charge is 0.497 e. The third-order valence-electron chi connectivity index (χ3n) is 4.17. The average molecular weight is 372 g/mol. The van der Waals surface area contributed by atoms with Crippen LogP contribution in [-0.4, -0.2) is 35.8 Å². The molecular weight excluding hydrogens is 348 g/mol. The molecular formula is C24H24N2O2+2. The number of rotatable bonds is 4. The fourth-order valence-electron chi connectivity index (χ4n) is 2.65. The number of hydrogen-bond acceptors (Lipinski definition) is 2. The van der Waals surface area contributed by atoms with Gasteiger partial charge in [-0.3, -0.25) is 0 Å². The fourth-order valence-corrected chi connectivity index (χ4v) is 2.65. The van der Waals surface area contributed by atoms with Crippen LogP contribution in [0.5, 0.6) is 11.5 Å². The van der Waals surface area contributed by atoms with Crippen LogP contribution in [0.2, 0.25) is 0 Å². The molecule has 2 aromatic carbocycles. The van der Waals surface area contributed by atoms with E-state index in [0.717, 1.165) is 22.9 Å². The topological polar surface area (TPSA) is 24.5 Å². The van der Waals surface area contributed by atoms with Gasteiger partial charge in [0.2, 0.25) is 11.4 Å². The van der Waals surface area contributed by atoms with Crippen LogP contribution in [0.15, 0.2) is 97.4 Å². The molecule has 140 valence electrons. The molecule has 0 aromatic heterocycles. The van der Waals surface area contributed by atoms with Crippen LogP contribution >= 0.6 is 0 Å². The van der Waals surface area contributed by atoms with Gasteiger partial charge in [0.05, 0.1) is 14.2 Å². The summed E-state index contributed by atoms with van der Waals surface area (Å²) >= 11 is 0. The highest BCUT2D eigenvalue weighted by Gasteiger charge is 2.06. The highest BCUT2D eigenvalue weighted by Crippen LogP contribution is 2.19. The summed E-state index contributed by atoms with van der Waals surface area (Å²) in [5.41, 5.74) is 2.11. The molecule has 0 unspecified atom stereocenters. The minimum atomic E-state index is 0.841. The highest BCUT2D eigenvalue weighted by atomic mass is 16.5. The van der Waals surface area contributed by atoms with Gasteiger partial charge in [0.25, 0.3) is 0 Å². The first-order valence-electron chi connectivity index (χ1n) is 9.01. The molecule has 0 saturated carbocycles. The summed E-state index contributed by atoms with van der Waals surface area (Å²) in [6.07, 6.45) is 20.1. The zero-order valence-corrected chi connectivity index (χ0v) is 16.1. The Balaban J connectivity index is 1.83. The van der Waals surface area contributed by atoms with Gasteiger partial charge in [-0.2, -0.15) is 9.15 Å². The highest BCUT2D eigenvalue weighted by molar-refractivity contribution is 5.70. The molecule has 28 heavy (non-hydrogen) atoms. The molecule has 3 rings (SSSR count). The first-order chi connectivity index (χ1) is 13.8. The lowest BCUT2D eigenvalue weighted by molar-refractivity contribution is -0.354. The quantitative estimate of drug-likeness (QED) is 0.707. The molecule has 1 heterocycles. The zero-order valence-electron chi connectivity index (χ0n) is 16.1. The van der Waals surface area contributed by atoms with Crippen molar-refractivity contribution in [3.8, 4) is 11.5 Å².